The van der Waals surface area contributed by atoms with Crippen LogP contribution < -0.4 is 15.6 Å². The third kappa shape index (κ3) is 3.86. The van der Waals surface area contributed by atoms with E-state index in [1.54, 1.807) is 49.6 Å². The monoisotopic (exact) mass is 401 g/mol. The number of aromatic nitrogens is 2. The van der Waals surface area contributed by atoms with Crippen LogP contribution in [0.2, 0.25) is 0 Å². The van der Waals surface area contributed by atoms with Gasteiger partial charge >= 0.3 is 0 Å². The second-order valence-electron chi connectivity index (χ2n) is 6.67. The van der Waals surface area contributed by atoms with Crippen LogP contribution in [0.1, 0.15) is 0 Å². The molecule has 0 aliphatic heterocycles. The second-order valence-corrected chi connectivity index (χ2v) is 6.67. The van der Waals surface area contributed by atoms with Gasteiger partial charge in [-0.05, 0) is 42.5 Å². The van der Waals surface area contributed by atoms with Crippen molar-refractivity contribution in [1.82, 2.24) is 9.55 Å². The number of methoxy groups -OCH3 is 1. The molecule has 1 aromatic heterocycles. The first kappa shape index (κ1) is 19.2. The van der Waals surface area contributed by atoms with E-state index in [0.29, 0.717) is 28.3 Å². The van der Waals surface area contributed by atoms with Crippen molar-refractivity contribution in [2.75, 3.05) is 12.4 Å². The number of para-hydroxylation sites is 1. The molecule has 0 unspecified atom stereocenters. The van der Waals surface area contributed by atoms with Gasteiger partial charge in [0, 0.05) is 11.3 Å². The summed E-state index contributed by atoms with van der Waals surface area (Å²) in [6.07, 6.45) is 0. The lowest BCUT2D eigenvalue weighted by molar-refractivity contribution is -0.116. The van der Waals surface area contributed by atoms with Gasteiger partial charge in [0.15, 0.2) is 0 Å². The molecule has 0 spiro atoms. The van der Waals surface area contributed by atoms with E-state index in [1.165, 1.54) is 16.7 Å². The Kier molecular flexibility index (Phi) is 5.17. The van der Waals surface area contributed by atoms with E-state index in [2.05, 4.69) is 10.3 Å². The fraction of sp³-hybridized carbons (Fsp3) is 0.0870. The molecule has 1 heterocycles. The molecular formula is C23H19N3O4. The average Bonchev–Trinajstić information content (AvgIpc) is 2.76. The summed E-state index contributed by atoms with van der Waals surface area (Å²) in [6, 6.07) is 20.5. The normalized spacial score (nSPS) is 10.7. The third-order valence-electron chi connectivity index (χ3n) is 4.62. The Morgan fingerprint density at radius 1 is 1.07 bits per heavy atom. The van der Waals surface area contributed by atoms with Gasteiger partial charge in [-0.2, -0.15) is 0 Å². The predicted octanol–water partition coefficient (Wildman–Crippen LogP) is 3.42. The Labute approximate surface area is 172 Å². The molecule has 0 saturated carbocycles. The number of benzene rings is 3. The van der Waals surface area contributed by atoms with Crippen molar-refractivity contribution in [3.8, 4) is 22.9 Å². The quantitative estimate of drug-likeness (QED) is 0.535. The Hall–Kier alpha value is -4.13. The fourth-order valence-electron chi connectivity index (χ4n) is 3.20. The summed E-state index contributed by atoms with van der Waals surface area (Å²) < 4.78 is 6.58. The predicted molar refractivity (Wildman–Crippen MR) is 115 cm³/mol. The Morgan fingerprint density at radius 3 is 2.63 bits per heavy atom. The summed E-state index contributed by atoms with van der Waals surface area (Å²) in [4.78, 5) is 30.5. The molecule has 0 saturated heterocycles. The molecular weight excluding hydrogens is 382 g/mol. The average molecular weight is 401 g/mol. The number of phenols is 1. The van der Waals surface area contributed by atoms with Crippen LogP contribution >= 0.6 is 0 Å². The van der Waals surface area contributed by atoms with Crippen LogP contribution in [0, 0.1) is 0 Å². The minimum Gasteiger partial charge on any atom is -0.508 e. The van der Waals surface area contributed by atoms with Crippen LogP contribution in [0.5, 0.6) is 11.5 Å². The van der Waals surface area contributed by atoms with E-state index in [1.807, 2.05) is 18.2 Å². The summed E-state index contributed by atoms with van der Waals surface area (Å²) in [6.45, 7) is -0.237. The number of hydrogen-bond acceptors (Lipinski definition) is 5. The second kappa shape index (κ2) is 8.08. The van der Waals surface area contributed by atoms with Crippen LogP contribution in [0.25, 0.3) is 22.3 Å². The van der Waals surface area contributed by atoms with Crippen molar-refractivity contribution in [1.29, 1.82) is 0 Å². The highest BCUT2D eigenvalue weighted by molar-refractivity contribution is 5.91. The van der Waals surface area contributed by atoms with Gasteiger partial charge in [-0.3, -0.25) is 14.2 Å². The van der Waals surface area contributed by atoms with E-state index in [0.717, 1.165) is 0 Å². The maximum Gasteiger partial charge on any atom is 0.262 e. The first-order valence-electron chi connectivity index (χ1n) is 9.28. The van der Waals surface area contributed by atoms with Crippen molar-refractivity contribution in [3.05, 3.63) is 83.2 Å². The van der Waals surface area contributed by atoms with E-state index in [-0.39, 0.29) is 23.6 Å². The first-order chi connectivity index (χ1) is 14.5. The largest absolute Gasteiger partial charge is 0.508 e. The minimum atomic E-state index is -0.420. The molecule has 2 N–H and O–H groups in total. The molecule has 4 rings (SSSR count). The first-order valence-corrected chi connectivity index (χ1v) is 9.28. The highest BCUT2D eigenvalue weighted by atomic mass is 16.5. The van der Waals surface area contributed by atoms with Crippen molar-refractivity contribution >= 4 is 22.5 Å². The molecule has 3 aromatic carbocycles. The number of carbonyl (C=O) groups excluding carboxylic acids is 1. The maximum atomic E-state index is 13.2. The summed E-state index contributed by atoms with van der Waals surface area (Å²) >= 11 is 0. The SMILES string of the molecule is COc1cccc(-c2nc3ccc(O)cc3c(=O)n2CC(=O)Nc2ccccc2)c1. The molecule has 7 heteroatoms. The number of nitrogens with one attached hydrogen (secondary N) is 1. The van der Waals surface area contributed by atoms with Crippen LogP contribution in [0.4, 0.5) is 5.69 Å². The van der Waals surface area contributed by atoms with Crippen molar-refractivity contribution < 1.29 is 14.6 Å². The van der Waals surface area contributed by atoms with Gasteiger partial charge in [0.1, 0.15) is 23.9 Å². The molecule has 1 amide bonds. The van der Waals surface area contributed by atoms with Crippen LogP contribution in [0.15, 0.2) is 77.6 Å². The van der Waals surface area contributed by atoms with Gasteiger partial charge in [0.2, 0.25) is 5.91 Å². The molecule has 150 valence electrons. The lowest BCUT2D eigenvalue weighted by atomic mass is 10.1. The fourth-order valence-corrected chi connectivity index (χ4v) is 3.20. The molecule has 7 nitrogen and oxygen atoms in total. The smallest absolute Gasteiger partial charge is 0.262 e. The number of rotatable bonds is 5. The highest BCUT2D eigenvalue weighted by Crippen LogP contribution is 2.24. The number of amides is 1. The van der Waals surface area contributed by atoms with Gasteiger partial charge in [-0.15, -0.1) is 0 Å². The zero-order chi connectivity index (χ0) is 21.1. The molecule has 30 heavy (non-hydrogen) atoms. The van der Waals surface area contributed by atoms with Gasteiger partial charge in [0.25, 0.3) is 5.56 Å². The van der Waals surface area contributed by atoms with Gasteiger partial charge in [-0.1, -0.05) is 30.3 Å². The number of hydrogen-bond donors (Lipinski definition) is 2. The molecule has 0 radical (unpaired) electrons. The van der Waals surface area contributed by atoms with Crippen molar-refractivity contribution in [2.45, 2.75) is 6.54 Å². The summed E-state index contributed by atoms with van der Waals surface area (Å²) in [5.41, 5.74) is 1.27. The van der Waals surface area contributed by atoms with Crippen LogP contribution in [0.3, 0.4) is 0 Å². The Morgan fingerprint density at radius 2 is 1.87 bits per heavy atom. The molecule has 0 fully saturated rings. The minimum absolute atomic E-state index is 0.0455. The molecule has 0 aliphatic rings. The van der Waals surface area contributed by atoms with Crippen molar-refractivity contribution in [3.63, 3.8) is 0 Å². The number of aromatic hydroxyl groups is 1. The number of fused-ring (bicyclic) bond motifs is 1. The van der Waals surface area contributed by atoms with E-state index in [4.69, 9.17) is 4.74 Å². The lowest BCUT2D eigenvalue weighted by Crippen LogP contribution is -2.29. The Balaban J connectivity index is 1.83. The molecule has 4 aromatic rings. The number of ether oxygens (including phenoxy) is 1. The number of anilines is 1. The van der Waals surface area contributed by atoms with E-state index >= 15 is 0 Å². The summed E-state index contributed by atoms with van der Waals surface area (Å²) in [5.74, 6) is 0.526. The van der Waals surface area contributed by atoms with Gasteiger partial charge in [-0.25, -0.2) is 4.98 Å². The third-order valence-corrected chi connectivity index (χ3v) is 4.62. The molecule has 0 bridgehead atoms. The number of carbonyl (C=O) groups is 1. The van der Waals surface area contributed by atoms with E-state index in [9.17, 15) is 14.7 Å². The van der Waals surface area contributed by atoms with Crippen molar-refractivity contribution in [2.24, 2.45) is 0 Å². The Bertz CT molecular complexity index is 1280. The zero-order valence-corrected chi connectivity index (χ0v) is 16.2. The van der Waals surface area contributed by atoms with Gasteiger partial charge in [0.05, 0.1) is 18.0 Å². The van der Waals surface area contributed by atoms with Crippen LogP contribution in [-0.4, -0.2) is 27.7 Å². The lowest BCUT2D eigenvalue weighted by Gasteiger charge is -2.14. The van der Waals surface area contributed by atoms with Crippen LogP contribution in [-0.2, 0) is 11.3 Å². The van der Waals surface area contributed by atoms with Gasteiger partial charge < -0.3 is 15.2 Å². The summed E-state index contributed by atoms with van der Waals surface area (Å²) in [5, 5.41) is 12.8. The molecule has 0 atom stereocenters. The summed E-state index contributed by atoms with van der Waals surface area (Å²) in [7, 11) is 1.55. The maximum absolute atomic E-state index is 13.2. The topological polar surface area (TPSA) is 93.4 Å². The van der Waals surface area contributed by atoms with E-state index < -0.39 is 5.56 Å². The standard InChI is InChI=1S/C23H19N3O4/c1-30-18-9-5-6-15(12-18)22-25-20-11-10-17(27)13-19(20)23(29)26(22)14-21(28)24-16-7-3-2-4-8-16/h2-13,27H,14H2,1H3,(H,24,28). The molecule has 0 aliphatic carbocycles. The zero-order valence-electron chi connectivity index (χ0n) is 16.2. The highest BCUT2D eigenvalue weighted by Gasteiger charge is 2.16. The number of phenolic OH excluding ortho intramolecular Hbond substituents is 1. The number of nitrogens with zero attached hydrogens (tertiary/aromatic N) is 2.